The molecule has 0 aliphatic heterocycles. The zero-order valence-corrected chi connectivity index (χ0v) is 13.2. The number of benzene rings is 1. The predicted octanol–water partition coefficient (Wildman–Crippen LogP) is 2.89. The van der Waals surface area contributed by atoms with E-state index in [9.17, 15) is 14.3 Å². The van der Waals surface area contributed by atoms with Crippen molar-refractivity contribution >= 4 is 5.91 Å². The van der Waals surface area contributed by atoms with Crippen molar-refractivity contribution in [2.45, 2.75) is 13.5 Å². The number of aryl methyl sites for hydroxylation is 1. The number of nitrogens with zero attached hydrogens (tertiary/aromatic N) is 3. The molecule has 0 saturated carbocycles. The number of hydrogen-bond donors (Lipinski definition) is 1. The number of halogens is 1. The van der Waals surface area contributed by atoms with Gasteiger partial charge in [-0.1, -0.05) is 12.1 Å². The second kappa shape index (κ2) is 6.19. The maximum absolute atomic E-state index is 13.8. The van der Waals surface area contributed by atoms with Gasteiger partial charge in [-0.25, -0.2) is 9.07 Å². The standard InChI is InChI=1S/C17H16FN3O3/c1-11-7-8-12(24-11)9-20(2)17(23)16-15(22)10-21(19-16)14-6-4-3-5-13(14)18/h3-8,10,22H,9H2,1-2H3. The third-order valence-corrected chi connectivity index (χ3v) is 3.53. The largest absolute Gasteiger partial charge is 0.504 e. The fraction of sp³-hybridized carbons (Fsp3) is 0.176. The highest BCUT2D eigenvalue weighted by Gasteiger charge is 2.22. The second-order valence-corrected chi connectivity index (χ2v) is 5.43. The third-order valence-electron chi connectivity index (χ3n) is 3.53. The number of carbonyl (C=O) groups excluding carboxylic acids is 1. The lowest BCUT2D eigenvalue weighted by Crippen LogP contribution is -2.26. The van der Waals surface area contributed by atoms with Gasteiger partial charge in [0.05, 0.1) is 12.7 Å². The van der Waals surface area contributed by atoms with E-state index >= 15 is 0 Å². The van der Waals surface area contributed by atoms with Crippen LogP contribution in [0.3, 0.4) is 0 Å². The third kappa shape index (κ3) is 3.01. The average molecular weight is 329 g/mol. The van der Waals surface area contributed by atoms with Crippen LogP contribution in [0.5, 0.6) is 5.75 Å². The molecular weight excluding hydrogens is 313 g/mol. The molecule has 1 N–H and O–H groups in total. The molecule has 3 rings (SSSR count). The summed E-state index contributed by atoms with van der Waals surface area (Å²) in [6, 6.07) is 9.55. The number of rotatable bonds is 4. The monoisotopic (exact) mass is 329 g/mol. The summed E-state index contributed by atoms with van der Waals surface area (Å²) in [4.78, 5) is 13.8. The Labute approximate surface area is 137 Å². The molecular formula is C17H16FN3O3. The Hall–Kier alpha value is -3.09. The van der Waals surface area contributed by atoms with Gasteiger partial charge in [0.2, 0.25) is 0 Å². The lowest BCUT2D eigenvalue weighted by molar-refractivity contribution is 0.0765. The highest BCUT2D eigenvalue weighted by molar-refractivity contribution is 5.94. The number of para-hydroxylation sites is 1. The summed E-state index contributed by atoms with van der Waals surface area (Å²) in [5.74, 6) is 0.0645. The lowest BCUT2D eigenvalue weighted by Gasteiger charge is -2.14. The number of aromatic hydroxyl groups is 1. The van der Waals surface area contributed by atoms with Crippen LogP contribution in [-0.4, -0.2) is 32.7 Å². The lowest BCUT2D eigenvalue weighted by atomic mass is 10.3. The van der Waals surface area contributed by atoms with Gasteiger partial charge in [-0.2, -0.15) is 5.10 Å². The van der Waals surface area contributed by atoms with E-state index < -0.39 is 11.7 Å². The van der Waals surface area contributed by atoms with Crippen LogP contribution in [0.2, 0.25) is 0 Å². The van der Waals surface area contributed by atoms with Crippen LogP contribution < -0.4 is 0 Å². The van der Waals surface area contributed by atoms with Crippen LogP contribution in [0.15, 0.2) is 47.0 Å². The van der Waals surface area contributed by atoms with Gasteiger partial charge < -0.3 is 14.4 Å². The van der Waals surface area contributed by atoms with Gasteiger partial charge in [0.15, 0.2) is 11.4 Å². The molecule has 124 valence electrons. The van der Waals surface area contributed by atoms with Crippen molar-refractivity contribution in [1.29, 1.82) is 0 Å². The zero-order valence-electron chi connectivity index (χ0n) is 13.2. The molecule has 0 unspecified atom stereocenters. The van der Waals surface area contributed by atoms with Gasteiger partial charge in [0.25, 0.3) is 5.91 Å². The van der Waals surface area contributed by atoms with E-state index in [0.717, 1.165) is 10.4 Å². The topological polar surface area (TPSA) is 71.5 Å². The Kier molecular flexibility index (Phi) is 4.07. The summed E-state index contributed by atoms with van der Waals surface area (Å²) >= 11 is 0. The summed E-state index contributed by atoms with van der Waals surface area (Å²) in [6.07, 6.45) is 1.20. The maximum Gasteiger partial charge on any atom is 0.278 e. The molecule has 0 atom stereocenters. The number of carbonyl (C=O) groups is 1. The highest BCUT2D eigenvalue weighted by atomic mass is 19.1. The zero-order chi connectivity index (χ0) is 17.3. The fourth-order valence-electron chi connectivity index (χ4n) is 2.33. The molecule has 2 heterocycles. The minimum absolute atomic E-state index is 0.149. The van der Waals surface area contributed by atoms with Gasteiger partial charge >= 0.3 is 0 Å². The van der Waals surface area contributed by atoms with Crippen LogP contribution in [0, 0.1) is 12.7 Å². The first-order valence-corrected chi connectivity index (χ1v) is 7.30. The number of furan rings is 1. The Morgan fingerprint density at radius 1 is 1.33 bits per heavy atom. The predicted molar refractivity (Wildman–Crippen MR) is 84.4 cm³/mol. The number of aromatic nitrogens is 2. The molecule has 6 nitrogen and oxygen atoms in total. The molecule has 0 spiro atoms. The van der Waals surface area contributed by atoms with E-state index in [2.05, 4.69) is 5.10 Å². The first kappa shape index (κ1) is 15.8. The first-order chi connectivity index (χ1) is 11.5. The molecule has 7 heteroatoms. The van der Waals surface area contributed by atoms with Crippen molar-refractivity contribution in [1.82, 2.24) is 14.7 Å². The Morgan fingerprint density at radius 2 is 2.08 bits per heavy atom. The molecule has 0 radical (unpaired) electrons. The van der Waals surface area contributed by atoms with Crippen LogP contribution in [0.1, 0.15) is 22.0 Å². The van der Waals surface area contributed by atoms with Crippen LogP contribution in [0.4, 0.5) is 4.39 Å². The van der Waals surface area contributed by atoms with Gasteiger partial charge in [0.1, 0.15) is 23.0 Å². The van der Waals surface area contributed by atoms with Gasteiger partial charge in [-0.15, -0.1) is 0 Å². The van der Waals surface area contributed by atoms with E-state index in [4.69, 9.17) is 4.42 Å². The van der Waals surface area contributed by atoms with Crippen molar-refractivity contribution in [2.75, 3.05) is 7.05 Å². The van der Waals surface area contributed by atoms with Crippen LogP contribution >= 0.6 is 0 Å². The molecule has 1 amide bonds. The van der Waals surface area contributed by atoms with Crippen molar-refractivity contribution in [3.63, 3.8) is 0 Å². The molecule has 0 aliphatic rings. The van der Waals surface area contributed by atoms with Gasteiger partial charge in [-0.3, -0.25) is 4.79 Å². The van der Waals surface area contributed by atoms with E-state index in [0.29, 0.717) is 5.76 Å². The van der Waals surface area contributed by atoms with Crippen molar-refractivity contribution in [3.8, 4) is 11.4 Å². The maximum atomic E-state index is 13.8. The van der Waals surface area contributed by atoms with Crippen molar-refractivity contribution < 1.29 is 18.7 Å². The summed E-state index contributed by atoms with van der Waals surface area (Å²) < 4.78 is 20.4. The Morgan fingerprint density at radius 3 is 2.75 bits per heavy atom. The fourth-order valence-corrected chi connectivity index (χ4v) is 2.33. The van der Waals surface area contributed by atoms with E-state index in [1.807, 2.05) is 6.92 Å². The highest BCUT2D eigenvalue weighted by Crippen LogP contribution is 2.21. The summed E-state index contributed by atoms with van der Waals surface area (Å²) in [5.41, 5.74) is 0.000179. The van der Waals surface area contributed by atoms with E-state index in [1.54, 1.807) is 31.3 Å². The summed E-state index contributed by atoms with van der Waals surface area (Å²) in [6.45, 7) is 2.05. The van der Waals surface area contributed by atoms with Crippen LogP contribution in [-0.2, 0) is 6.54 Å². The van der Waals surface area contributed by atoms with Gasteiger partial charge in [-0.05, 0) is 31.2 Å². The SMILES string of the molecule is Cc1ccc(CN(C)C(=O)c2nn(-c3ccccc3F)cc2O)o1. The minimum Gasteiger partial charge on any atom is -0.504 e. The van der Waals surface area contributed by atoms with Crippen LogP contribution in [0.25, 0.3) is 5.69 Å². The molecule has 0 fully saturated rings. The Bertz CT molecular complexity index is 885. The molecule has 0 bridgehead atoms. The molecule has 0 aliphatic carbocycles. The minimum atomic E-state index is -0.501. The normalized spacial score (nSPS) is 10.8. The first-order valence-electron chi connectivity index (χ1n) is 7.30. The van der Waals surface area contributed by atoms with Gasteiger partial charge in [0, 0.05) is 7.05 Å². The number of hydrogen-bond acceptors (Lipinski definition) is 4. The smallest absolute Gasteiger partial charge is 0.278 e. The molecule has 3 aromatic rings. The van der Waals surface area contributed by atoms with Crippen molar-refractivity contribution in [3.05, 3.63) is 65.6 Å². The quantitative estimate of drug-likeness (QED) is 0.799. The summed E-state index contributed by atoms with van der Waals surface area (Å²) in [5, 5.41) is 14.0. The second-order valence-electron chi connectivity index (χ2n) is 5.43. The number of amides is 1. The molecule has 2 aromatic heterocycles. The molecule has 24 heavy (non-hydrogen) atoms. The van der Waals surface area contributed by atoms with Crippen molar-refractivity contribution in [2.24, 2.45) is 0 Å². The van der Waals surface area contributed by atoms with E-state index in [-0.39, 0.29) is 23.7 Å². The Balaban J connectivity index is 1.84. The molecule has 0 saturated heterocycles. The molecule has 1 aromatic carbocycles. The summed E-state index contributed by atoms with van der Waals surface area (Å²) in [7, 11) is 1.57. The van der Waals surface area contributed by atoms with E-state index in [1.165, 1.54) is 23.2 Å². The average Bonchev–Trinajstić information content (AvgIpc) is 3.13.